The summed E-state index contributed by atoms with van der Waals surface area (Å²) in [6, 6.07) is 6.94. The predicted octanol–water partition coefficient (Wildman–Crippen LogP) is 2.26. The van der Waals surface area contributed by atoms with Crippen LogP contribution >= 0.6 is 15.9 Å². The van der Waals surface area contributed by atoms with Crippen molar-refractivity contribution >= 4 is 21.8 Å². The molecule has 0 aromatic heterocycles. The Morgan fingerprint density at radius 2 is 2.15 bits per heavy atom. The molecule has 0 bridgehead atoms. The number of carbonyl (C=O) groups excluding carboxylic acids is 1. The van der Waals surface area contributed by atoms with Crippen LogP contribution in [0.2, 0.25) is 0 Å². The first kappa shape index (κ1) is 16.8. The van der Waals surface area contributed by atoms with E-state index in [1.54, 1.807) is 24.3 Å². The lowest BCUT2D eigenvalue weighted by atomic mass is 10.3. The Bertz CT molecular complexity index is 454. The molecule has 1 aromatic carbocycles. The molecule has 8 heteroatoms. The zero-order valence-electron chi connectivity index (χ0n) is 10.3. The van der Waals surface area contributed by atoms with Crippen molar-refractivity contribution in [3.8, 4) is 5.75 Å². The van der Waals surface area contributed by atoms with Gasteiger partial charge >= 0.3 is 6.18 Å². The van der Waals surface area contributed by atoms with Gasteiger partial charge in [0.15, 0.2) is 6.10 Å². The molecule has 112 valence electrons. The molecule has 1 aromatic rings. The number of aliphatic hydroxyl groups is 1. The lowest BCUT2D eigenvalue weighted by Gasteiger charge is -2.15. The standard InChI is InChI=1S/C12H13BrF3NO3/c13-8-2-1-3-9(6-8)20-5-4-11(19)17-7-10(18)12(14,15)16/h1-3,6,10,18H,4-5,7H2,(H,17,19). The Hall–Kier alpha value is -1.28. The Morgan fingerprint density at radius 1 is 1.45 bits per heavy atom. The first-order valence-corrected chi connectivity index (χ1v) is 6.48. The molecule has 4 nitrogen and oxygen atoms in total. The lowest BCUT2D eigenvalue weighted by Crippen LogP contribution is -2.40. The Balaban J connectivity index is 2.24. The van der Waals surface area contributed by atoms with Crippen molar-refractivity contribution in [3.05, 3.63) is 28.7 Å². The van der Waals surface area contributed by atoms with Crippen LogP contribution in [0.15, 0.2) is 28.7 Å². The predicted molar refractivity (Wildman–Crippen MR) is 69.3 cm³/mol. The summed E-state index contributed by atoms with van der Waals surface area (Å²) in [4.78, 5) is 11.3. The first-order valence-electron chi connectivity index (χ1n) is 5.69. The fourth-order valence-corrected chi connectivity index (χ4v) is 1.61. The monoisotopic (exact) mass is 355 g/mol. The molecular formula is C12H13BrF3NO3. The fourth-order valence-electron chi connectivity index (χ4n) is 1.23. The van der Waals surface area contributed by atoms with Crippen molar-refractivity contribution in [2.45, 2.75) is 18.7 Å². The third kappa shape index (κ3) is 6.25. The van der Waals surface area contributed by atoms with Gasteiger partial charge in [-0.25, -0.2) is 0 Å². The maximum absolute atomic E-state index is 12.0. The van der Waals surface area contributed by atoms with E-state index < -0.39 is 24.7 Å². The van der Waals surface area contributed by atoms with Gasteiger partial charge in [0.25, 0.3) is 0 Å². The van der Waals surface area contributed by atoms with Crippen molar-refractivity contribution in [2.24, 2.45) is 0 Å². The van der Waals surface area contributed by atoms with Gasteiger partial charge in [0.2, 0.25) is 5.91 Å². The maximum Gasteiger partial charge on any atom is 0.416 e. The van der Waals surface area contributed by atoms with Gasteiger partial charge in [-0.1, -0.05) is 22.0 Å². The molecule has 20 heavy (non-hydrogen) atoms. The van der Waals surface area contributed by atoms with Crippen LogP contribution in [-0.4, -0.2) is 36.4 Å². The van der Waals surface area contributed by atoms with Gasteiger partial charge in [-0.05, 0) is 18.2 Å². The molecule has 0 aliphatic heterocycles. The molecule has 0 heterocycles. The van der Waals surface area contributed by atoms with Crippen LogP contribution in [0.4, 0.5) is 13.2 Å². The second-order valence-electron chi connectivity index (χ2n) is 3.92. The number of aliphatic hydroxyl groups excluding tert-OH is 1. The lowest BCUT2D eigenvalue weighted by molar-refractivity contribution is -0.201. The van der Waals surface area contributed by atoms with Crippen molar-refractivity contribution in [2.75, 3.05) is 13.2 Å². The summed E-state index contributed by atoms with van der Waals surface area (Å²) in [6.45, 7) is -0.830. The third-order valence-electron chi connectivity index (χ3n) is 2.26. The summed E-state index contributed by atoms with van der Waals surface area (Å²) in [5.41, 5.74) is 0. The van der Waals surface area contributed by atoms with E-state index in [0.29, 0.717) is 5.75 Å². The zero-order valence-corrected chi connectivity index (χ0v) is 11.9. The van der Waals surface area contributed by atoms with Gasteiger partial charge in [-0.15, -0.1) is 0 Å². The number of nitrogens with one attached hydrogen (secondary N) is 1. The molecular weight excluding hydrogens is 343 g/mol. The van der Waals surface area contributed by atoms with Gasteiger partial charge < -0.3 is 15.2 Å². The topological polar surface area (TPSA) is 58.6 Å². The Kier molecular flexibility index (Phi) is 6.28. The highest BCUT2D eigenvalue weighted by molar-refractivity contribution is 9.10. The van der Waals surface area contributed by atoms with E-state index in [1.165, 1.54) is 0 Å². The minimum atomic E-state index is -4.74. The number of amides is 1. The van der Waals surface area contributed by atoms with Crippen molar-refractivity contribution in [1.82, 2.24) is 5.32 Å². The number of benzene rings is 1. The van der Waals surface area contributed by atoms with Crippen LogP contribution in [0.3, 0.4) is 0 Å². The van der Waals surface area contributed by atoms with Gasteiger partial charge in [0.1, 0.15) is 5.75 Å². The van der Waals surface area contributed by atoms with Crippen molar-refractivity contribution in [1.29, 1.82) is 0 Å². The smallest absolute Gasteiger partial charge is 0.416 e. The number of carbonyl (C=O) groups is 1. The molecule has 1 atom stereocenters. The van der Waals surface area contributed by atoms with E-state index in [4.69, 9.17) is 9.84 Å². The van der Waals surface area contributed by atoms with Crippen molar-refractivity contribution in [3.63, 3.8) is 0 Å². The number of ether oxygens (including phenoxy) is 1. The van der Waals surface area contributed by atoms with E-state index in [0.717, 1.165) is 4.47 Å². The summed E-state index contributed by atoms with van der Waals surface area (Å²) >= 11 is 3.25. The number of hydrogen-bond donors (Lipinski definition) is 2. The second-order valence-corrected chi connectivity index (χ2v) is 4.83. The van der Waals surface area contributed by atoms with Gasteiger partial charge in [-0.3, -0.25) is 4.79 Å². The van der Waals surface area contributed by atoms with Crippen LogP contribution in [0, 0.1) is 0 Å². The SMILES string of the molecule is O=C(CCOc1cccc(Br)c1)NCC(O)C(F)(F)F. The maximum atomic E-state index is 12.0. The minimum Gasteiger partial charge on any atom is -0.493 e. The normalized spacial score (nSPS) is 12.8. The average molecular weight is 356 g/mol. The Morgan fingerprint density at radius 3 is 2.75 bits per heavy atom. The number of hydrogen-bond acceptors (Lipinski definition) is 3. The molecule has 0 aliphatic carbocycles. The highest BCUT2D eigenvalue weighted by Crippen LogP contribution is 2.19. The van der Waals surface area contributed by atoms with Gasteiger partial charge in [0.05, 0.1) is 19.6 Å². The molecule has 1 unspecified atom stereocenters. The highest BCUT2D eigenvalue weighted by atomic mass is 79.9. The molecule has 0 saturated heterocycles. The van der Waals surface area contributed by atoms with Crippen LogP contribution < -0.4 is 10.1 Å². The number of alkyl halides is 3. The second kappa shape index (κ2) is 7.49. The largest absolute Gasteiger partial charge is 0.493 e. The molecule has 0 saturated carbocycles. The highest BCUT2D eigenvalue weighted by Gasteiger charge is 2.38. The van der Waals surface area contributed by atoms with Crippen molar-refractivity contribution < 1.29 is 27.8 Å². The summed E-state index contributed by atoms with van der Waals surface area (Å²) in [7, 11) is 0. The average Bonchev–Trinajstić information content (AvgIpc) is 2.35. The third-order valence-corrected chi connectivity index (χ3v) is 2.76. The first-order chi connectivity index (χ1) is 9.29. The molecule has 0 radical (unpaired) electrons. The number of rotatable bonds is 6. The summed E-state index contributed by atoms with van der Waals surface area (Å²) in [5.74, 6) is -0.0780. The van der Waals surface area contributed by atoms with E-state index in [1.807, 2.05) is 5.32 Å². The van der Waals surface area contributed by atoms with Gasteiger partial charge in [-0.2, -0.15) is 13.2 Å². The summed E-state index contributed by atoms with van der Waals surface area (Å²) in [6.07, 6.45) is -7.39. The van der Waals surface area contributed by atoms with Crippen LogP contribution in [0.25, 0.3) is 0 Å². The number of halogens is 4. The fraction of sp³-hybridized carbons (Fsp3) is 0.417. The van der Waals surface area contributed by atoms with Crippen LogP contribution in [-0.2, 0) is 4.79 Å². The quantitative estimate of drug-likeness (QED) is 0.822. The summed E-state index contributed by atoms with van der Waals surface area (Å²) < 4.78 is 42.0. The minimum absolute atomic E-state index is 0.0321. The van der Waals surface area contributed by atoms with E-state index in [9.17, 15) is 18.0 Å². The van der Waals surface area contributed by atoms with Crippen LogP contribution in [0.5, 0.6) is 5.75 Å². The molecule has 1 rings (SSSR count). The van der Waals surface area contributed by atoms with E-state index >= 15 is 0 Å². The Labute approximate surface area is 122 Å². The molecule has 0 spiro atoms. The molecule has 1 amide bonds. The van der Waals surface area contributed by atoms with E-state index in [-0.39, 0.29) is 13.0 Å². The van der Waals surface area contributed by atoms with E-state index in [2.05, 4.69) is 15.9 Å². The summed E-state index contributed by atoms with van der Waals surface area (Å²) in [5, 5.41) is 10.7. The molecule has 2 N–H and O–H groups in total. The van der Waals surface area contributed by atoms with Gasteiger partial charge in [0, 0.05) is 4.47 Å². The molecule has 0 aliphatic rings. The van der Waals surface area contributed by atoms with Crippen LogP contribution in [0.1, 0.15) is 6.42 Å². The zero-order chi connectivity index (χ0) is 15.2. The molecule has 0 fully saturated rings.